The van der Waals surface area contributed by atoms with Crippen molar-refractivity contribution in [2.75, 3.05) is 18.0 Å². The average Bonchev–Trinajstić information content (AvgIpc) is 3.03. The molecule has 1 fully saturated rings. The molecular formula is C17H14ClF2N5O2. The van der Waals surface area contributed by atoms with Gasteiger partial charge in [0.25, 0.3) is 5.56 Å². The normalized spacial score (nSPS) is 17.0. The largest absolute Gasteiger partial charge is 0.354 e. The Morgan fingerprint density at radius 3 is 2.74 bits per heavy atom. The molecule has 1 unspecified atom stereocenters. The minimum atomic E-state index is -0.969. The van der Waals surface area contributed by atoms with Crippen LogP contribution in [0.1, 0.15) is 6.42 Å². The van der Waals surface area contributed by atoms with Crippen molar-refractivity contribution in [1.29, 1.82) is 0 Å². The molecular weight excluding hydrogens is 380 g/mol. The first-order valence-electron chi connectivity index (χ1n) is 8.16. The van der Waals surface area contributed by atoms with Gasteiger partial charge in [-0.05, 0) is 18.6 Å². The van der Waals surface area contributed by atoms with Gasteiger partial charge in [0.05, 0.1) is 16.6 Å². The summed E-state index contributed by atoms with van der Waals surface area (Å²) in [7, 11) is 0. The third kappa shape index (κ3) is 2.88. The van der Waals surface area contributed by atoms with Gasteiger partial charge in [-0.25, -0.2) is 18.6 Å². The summed E-state index contributed by atoms with van der Waals surface area (Å²) in [5.74, 6) is -1.42. The molecule has 3 heterocycles. The number of hydrogen-bond donors (Lipinski definition) is 2. The quantitative estimate of drug-likeness (QED) is 0.688. The van der Waals surface area contributed by atoms with Crippen molar-refractivity contribution in [3.63, 3.8) is 0 Å². The first-order valence-corrected chi connectivity index (χ1v) is 8.54. The molecule has 0 aliphatic carbocycles. The summed E-state index contributed by atoms with van der Waals surface area (Å²) in [6, 6.07) is 2.71. The van der Waals surface area contributed by atoms with Crippen LogP contribution in [0.15, 0.2) is 34.0 Å². The van der Waals surface area contributed by atoms with Crippen LogP contribution < -0.4 is 21.9 Å². The number of H-pyrrole nitrogens is 1. The fourth-order valence-electron chi connectivity index (χ4n) is 3.27. The summed E-state index contributed by atoms with van der Waals surface area (Å²) in [4.78, 5) is 32.8. The maximum Gasteiger partial charge on any atom is 0.333 e. The van der Waals surface area contributed by atoms with Crippen molar-refractivity contribution >= 4 is 28.3 Å². The van der Waals surface area contributed by atoms with E-state index in [2.05, 4.69) is 9.97 Å². The van der Waals surface area contributed by atoms with Gasteiger partial charge in [-0.2, -0.15) is 0 Å². The molecule has 4 rings (SSSR count). The third-order valence-corrected chi connectivity index (χ3v) is 4.89. The number of aromatic amines is 1. The Bertz CT molecular complexity index is 1180. The molecule has 1 aliphatic rings. The molecule has 3 aromatic rings. The van der Waals surface area contributed by atoms with Crippen LogP contribution in [-0.4, -0.2) is 33.7 Å². The zero-order valence-corrected chi connectivity index (χ0v) is 14.6. The lowest BCUT2D eigenvalue weighted by atomic mass is 10.2. The molecule has 27 heavy (non-hydrogen) atoms. The van der Waals surface area contributed by atoms with E-state index in [4.69, 9.17) is 17.3 Å². The molecule has 0 bridgehead atoms. The van der Waals surface area contributed by atoms with E-state index in [1.807, 2.05) is 4.90 Å². The Morgan fingerprint density at radius 1 is 1.30 bits per heavy atom. The smallest absolute Gasteiger partial charge is 0.333 e. The Balaban J connectivity index is 2.06. The Labute approximate surface area is 156 Å². The van der Waals surface area contributed by atoms with Gasteiger partial charge in [0.2, 0.25) is 0 Å². The molecule has 140 valence electrons. The van der Waals surface area contributed by atoms with Crippen LogP contribution in [0.3, 0.4) is 0 Å². The van der Waals surface area contributed by atoms with E-state index in [0.717, 1.165) is 23.1 Å². The van der Waals surface area contributed by atoms with Crippen LogP contribution in [0, 0.1) is 11.6 Å². The van der Waals surface area contributed by atoms with Crippen LogP contribution in [0.5, 0.6) is 0 Å². The maximum absolute atomic E-state index is 14.4. The van der Waals surface area contributed by atoms with Gasteiger partial charge in [0.15, 0.2) is 0 Å². The lowest BCUT2D eigenvalue weighted by Crippen LogP contribution is -2.31. The second-order valence-corrected chi connectivity index (χ2v) is 6.72. The van der Waals surface area contributed by atoms with Crippen molar-refractivity contribution in [3.05, 3.63) is 61.9 Å². The fraction of sp³-hybridized carbons (Fsp3) is 0.235. The molecule has 0 amide bonds. The predicted molar refractivity (Wildman–Crippen MR) is 97.7 cm³/mol. The third-order valence-electron chi connectivity index (χ3n) is 4.54. The summed E-state index contributed by atoms with van der Waals surface area (Å²) in [5, 5.41) is 0.0316. The minimum Gasteiger partial charge on any atom is -0.354 e. The first kappa shape index (κ1) is 17.6. The fourth-order valence-corrected chi connectivity index (χ4v) is 3.62. The highest BCUT2D eigenvalue weighted by atomic mass is 35.5. The molecule has 3 N–H and O–H groups in total. The van der Waals surface area contributed by atoms with E-state index in [0.29, 0.717) is 25.0 Å². The van der Waals surface area contributed by atoms with E-state index in [1.54, 1.807) is 0 Å². The number of nitrogens with one attached hydrogen (secondary N) is 1. The number of halogens is 3. The second-order valence-electron chi connectivity index (χ2n) is 6.34. The van der Waals surface area contributed by atoms with Crippen molar-refractivity contribution in [2.45, 2.75) is 12.5 Å². The van der Waals surface area contributed by atoms with Gasteiger partial charge in [0.1, 0.15) is 22.5 Å². The average molecular weight is 394 g/mol. The van der Waals surface area contributed by atoms with Gasteiger partial charge in [-0.3, -0.25) is 14.3 Å². The number of hydrogen-bond acceptors (Lipinski definition) is 5. The predicted octanol–water partition coefficient (Wildman–Crippen LogP) is 1.54. The van der Waals surface area contributed by atoms with Crippen molar-refractivity contribution in [2.24, 2.45) is 5.73 Å². The molecule has 1 aromatic carbocycles. The number of pyridine rings is 1. The van der Waals surface area contributed by atoms with Crippen molar-refractivity contribution in [3.8, 4) is 5.69 Å². The zero-order chi connectivity index (χ0) is 19.3. The molecule has 7 nitrogen and oxygen atoms in total. The minimum absolute atomic E-state index is 0.00129. The summed E-state index contributed by atoms with van der Waals surface area (Å²) >= 11 is 6.50. The highest BCUT2D eigenvalue weighted by Gasteiger charge is 2.25. The molecule has 1 atom stereocenters. The van der Waals surface area contributed by atoms with Gasteiger partial charge in [0, 0.05) is 31.4 Å². The summed E-state index contributed by atoms with van der Waals surface area (Å²) in [6.07, 6.45) is 2.02. The molecule has 2 aromatic heterocycles. The van der Waals surface area contributed by atoms with Crippen LogP contribution in [-0.2, 0) is 0 Å². The molecule has 1 aliphatic heterocycles. The van der Waals surface area contributed by atoms with E-state index in [9.17, 15) is 18.4 Å². The number of anilines is 1. The lowest BCUT2D eigenvalue weighted by Gasteiger charge is -2.20. The highest BCUT2D eigenvalue weighted by Crippen LogP contribution is 2.32. The highest BCUT2D eigenvalue weighted by molar-refractivity contribution is 6.37. The van der Waals surface area contributed by atoms with Crippen LogP contribution in [0.2, 0.25) is 5.02 Å². The van der Waals surface area contributed by atoms with Crippen LogP contribution >= 0.6 is 11.6 Å². The van der Waals surface area contributed by atoms with Crippen LogP contribution in [0.4, 0.5) is 14.6 Å². The standard InChI is InChI=1S/C17H14ClF2N5O2/c18-13-14-10(6-22-15(13)24-4-3-9(21)7-24)16(26)23-17(27)25(14)12-2-1-8(19)5-11(12)20/h1-2,5-6,9H,3-4,7,21H2,(H,23,26,27). The van der Waals surface area contributed by atoms with Gasteiger partial charge in [-0.15, -0.1) is 0 Å². The van der Waals surface area contributed by atoms with Gasteiger partial charge in [-0.1, -0.05) is 11.6 Å². The summed E-state index contributed by atoms with van der Waals surface area (Å²) < 4.78 is 28.5. The number of rotatable bonds is 2. The molecule has 1 saturated heterocycles. The second kappa shape index (κ2) is 6.43. The van der Waals surface area contributed by atoms with E-state index >= 15 is 0 Å². The first-order chi connectivity index (χ1) is 12.9. The number of nitrogens with two attached hydrogens (primary N) is 1. The van der Waals surface area contributed by atoms with Gasteiger partial charge < -0.3 is 10.6 Å². The SMILES string of the molecule is NC1CCN(c2ncc3c(=O)[nH]c(=O)n(-c4ccc(F)cc4F)c3c2Cl)C1. The number of benzene rings is 1. The monoisotopic (exact) mass is 393 g/mol. The Hall–Kier alpha value is -2.78. The van der Waals surface area contributed by atoms with Crippen molar-refractivity contribution < 1.29 is 8.78 Å². The summed E-state index contributed by atoms with van der Waals surface area (Å²) in [6.45, 7) is 1.12. The Morgan fingerprint density at radius 2 is 2.07 bits per heavy atom. The van der Waals surface area contributed by atoms with E-state index in [-0.39, 0.29) is 27.7 Å². The molecule has 0 spiro atoms. The molecule has 0 saturated carbocycles. The number of nitrogens with zero attached hydrogens (tertiary/aromatic N) is 3. The number of aromatic nitrogens is 3. The maximum atomic E-state index is 14.4. The van der Waals surface area contributed by atoms with E-state index in [1.165, 1.54) is 6.20 Å². The number of fused-ring (bicyclic) bond motifs is 1. The zero-order valence-electron chi connectivity index (χ0n) is 13.9. The molecule has 10 heteroatoms. The Kier molecular flexibility index (Phi) is 4.20. The summed E-state index contributed by atoms with van der Waals surface area (Å²) in [5.41, 5.74) is 4.09. The van der Waals surface area contributed by atoms with Crippen LogP contribution in [0.25, 0.3) is 16.6 Å². The topological polar surface area (TPSA) is 97.0 Å². The lowest BCUT2D eigenvalue weighted by molar-refractivity contribution is 0.577. The van der Waals surface area contributed by atoms with Crippen molar-refractivity contribution in [1.82, 2.24) is 14.5 Å². The van der Waals surface area contributed by atoms with E-state index < -0.39 is 22.9 Å². The van der Waals surface area contributed by atoms with Gasteiger partial charge >= 0.3 is 5.69 Å². The molecule has 0 radical (unpaired) electrons.